The van der Waals surface area contributed by atoms with E-state index in [1.807, 2.05) is 52.0 Å². The van der Waals surface area contributed by atoms with Crippen molar-refractivity contribution < 1.29 is 18.0 Å². The number of rotatable bonds is 11. The first-order valence-corrected chi connectivity index (χ1v) is 15.2. The van der Waals surface area contributed by atoms with E-state index in [2.05, 4.69) is 21.2 Å². The third-order valence-electron chi connectivity index (χ3n) is 6.75. The molecule has 0 saturated carbocycles. The lowest BCUT2D eigenvalue weighted by Crippen LogP contribution is -2.52. The van der Waals surface area contributed by atoms with E-state index in [0.29, 0.717) is 10.2 Å². The Kier molecular flexibility index (Phi) is 10.3. The average Bonchev–Trinajstić information content (AvgIpc) is 2.90. The number of aryl methyl sites for hydroxylation is 2. The van der Waals surface area contributed by atoms with Crippen molar-refractivity contribution in [3.63, 3.8) is 0 Å². The number of carbonyl (C=O) groups is 2. The van der Waals surface area contributed by atoms with E-state index < -0.39 is 28.5 Å². The maximum Gasteiger partial charge on any atom is 0.264 e. The van der Waals surface area contributed by atoms with Crippen LogP contribution in [0.3, 0.4) is 0 Å². The Balaban J connectivity index is 2.04. The van der Waals surface area contributed by atoms with E-state index in [4.69, 9.17) is 0 Å². The molecular formula is C30H36BrN3O4S. The minimum absolute atomic E-state index is 0.0598. The van der Waals surface area contributed by atoms with Gasteiger partial charge in [-0.2, -0.15) is 0 Å². The van der Waals surface area contributed by atoms with Crippen LogP contribution in [-0.2, 0) is 26.2 Å². The van der Waals surface area contributed by atoms with Crippen molar-refractivity contribution in [1.82, 2.24) is 10.2 Å². The second-order valence-corrected chi connectivity index (χ2v) is 12.5. The highest BCUT2D eigenvalue weighted by atomic mass is 79.9. The van der Waals surface area contributed by atoms with E-state index >= 15 is 0 Å². The molecule has 0 aliphatic rings. The highest BCUT2D eigenvalue weighted by Gasteiger charge is 2.33. The van der Waals surface area contributed by atoms with Crippen LogP contribution in [0.2, 0.25) is 0 Å². The minimum Gasteiger partial charge on any atom is -0.352 e. The van der Waals surface area contributed by atoms with Gasteiger partial charge in [0.25, 0.3) is 10.0 Å². The molecule has 208 valence electrons. The number of carbonyl (C=O) groups excluding carboxylic acids is 2. The number of hydrogen-bond donors (Lipinski definition) is 1. The first-order chi connectivity index (χ1) is 18.4. The number of anilines is 1. The molecule has 0 aromatic heterocycles. The van der Waals surface area contributed by atoms with E-state index in [1.165, 1.54) is 17.0 Å². The SMILES string of the molecule is CCC(C)NC(=O)C(C)N(Cc1ccccc1C)C(=O)CN(c1cccc(Br)c1)S(=O)(=O)c1ccc(C)cc1. The zero-order chi connectivity index (χ0) is 28.7. The predicted molar refractivity (Wildman–Crippen MR) is 159 cm³/mol. The largest absolute Gasteiger partial charge is 0.352 e. The quantitative estimate of drug-likeness (QED) is 0.305. The van der Waals surface area contributed by atoms with Crippen LogP contribution in [0.1, 0.15) is 43.9 Å². The maximum absolute atomic E-state index is 14.0. The van der Waals surface area contributed by atoms with Gasteiger partial charge in [-0.15, -0.1) is 0 Å². The molecule has 0 aliphatic heterocycles. The smallest absolute Gasteiger partial charge is 0.264 e. The zero-order valence-corrected chi connectivity index (χ0v) is 25.4. The molecule has 2 amide bonds. The Morgan fingerprint density at radius 3 is 2.23 bits per heavy atom. The molecule has 0 spiro atoms. The second kappa shape index (κ2) is 13.3. The summed E-state index contributed by atoms with van der Waals surface area (Å²) in [6, 6.07) is 20.1. The third kappa shape index (κ3) is 7.70. The molecule has 0 aliphatic carbocycles. The lowest BCUT2D eigenvalue weighted by atomic mass is 10.1. The number of sulfonamides is 1. The summed E-state index contributed by atoms with van der Waals surface area (Å²) in [5.74, 6) is -0.776. The Hall–Kier alpha value is -3.17. The molecule has 39 heavy (non-hydrogen) atoms. The summed E-state index contributed by atoms with van der Waals surface area (Å²) in [6.07, 6.45) is 0.746. The van der Waals surface area contributed by atoms with Crippen LogP contribution in [0.15, 0.2) is 82.2 Å². The van der Waals surface area contributed by atoms with Crippen molar-refractivity contribution in [3.05, 3.63) is 94.0 Å². The van der Waals surface area contributed by atoms with Crippen molar-refractivity contribution in [2.24, 2.45) is 0 Å². The van der Waals surface area contributed by atoms with Gasteiger partial charge in [0.1, 0.15) is 12.6 Å². The number of hydrogen-bond acceptors (Lipinski definition) is 4. The summed E-state index contributed by atoms with van der Waals surface area (Å²) < 4.78 is 29.5. The Morgan fingerprint density at radius 2 is 1.62 bits per heavy atom. The molecule has 1 N–H and O–H groups in total. The van der Waals surface area contributed by atoms with E-state index in [9.17, 15) is 18.0 Å². The summed E-state index contributed by atoms with van der Waals surface area (Å²) in [5, 5.41) is 2.95. The van der Waals surface area contributed by atoms with E-state index in [-0.39, 0.29) is 23.4 Å². The van der Waals surface area contributed by atoms with E-state index in [1.54, 1.807) is 43.3 Å². The fraction of sp³-hybridized carbons (Fsp3) is 0.333. The van der Waals surface area contributed by atoms with Crippen LogP contribution in [-0.4, -0.2) is 43.8 Å². The summed E-state index contributed by atoms with van der Waals surface area (Å²) >= 11 is 3.41. The molecule has 3 rings (SSSR count). The van der Waals surface area contributed by atoms with Gasteiger partial charge in [0.05, 0.1) is 10.6 Å². The minimum atomic E-state index is -4.10. The first-order valence-electron chi connectivity index (χ1n) is 12.9. The summed E-state index contributed by atoms with van der Waals surface area (Å²) in [4.78, 5) is 28.7. The van der Waals surface area contributed by atoms with Crippen LogP contribution in [0.5, 0.6) is 0 Å². The van der Waals surface area contributed by atoms with E-state index in [0.717, 1.165) is 27.4 Å². The molecule has 0 fully saturated rings. The van der Waals surface area contributed by atoms with Crippen LogP contribution in [0.4, 0.5) is 5.69 Å². The maximum atomic E-state index is 14.0. The molecule has 3 aromatic rings. The van der Waals surface area contributed by atoms with Crippen molar-refractivity contribution in [2.75, 3.05) is 10.8 Å². The Morgan fingerprint density at radius 1 is 0.949 bits per heavy atom. The monoisotopic (exact) mass is 613 g/mol. The fourth-order valence-corrected chi connectivity index (χ4v) is 5.81. The molecular weight excluding hydrogens is 578 g/mol. The molecule has 0 bridgehead atoms. The molecule has 7 nitrogen and oxygen atoms in total. The number of benzene rings is 3. The predicted octanol–water partition coefficient (Wildman–Crippen LogP) is 5.59. The van der Waals surface area contributed by atoms with Gasteiger partial charge >= 0.3 is 0 Å². The highest BCUT2D eigenvalue weighted by molar-refractivity contribution is 9.10. The molecule has 0 heterocycles. The first kappa shape index (κ1) is 30.4. The molecule has 9 heteroatoms. The van der Waals surface area contributed by atoms with Gasteiger partial charge in [-0.25, -0.2) is 8.42 Å². The van der Waals surface area contributed by atoms with Gasteiger partial charge in [-0.05, 0) is 75.6 Å². The van der Waals surface area contributed by atoms with Gasteiger partial charge in [0.2, 0.25) is 11.8 Å². The molecule has 3 aromatic carbocycles. The number of amides is 2. The summed E-state index contributed by atoms with van der Waals surface area (Å²) in [6.45, 7) is 9.06. The van der Waals surface area contributed by atoms with Crippen molar-refractivity contribution in [1.29, 1.82) is 0 Å². The van der Waals surface area contributed by atoms with Gasteiger partial charge in [-0.3, -0.25) is 13.9 Å². The third-order valence-corrected chi connectivity index (χ3v) is 9.04. The van der Waals surface area contributed by atoms with Gasteiger partial charge in [0.15, 0.2) is 0 Å². The van der Waals surface area contributed by atoms with Gasteiger partial charge < -0.3 is 10.2 Å². The lowest BCUT2D eigenvalue weighted by molar-refractivity contribution is -0.139. The number of halogens is 1. The number of nitrogens with zero attached hydrogens (tertiary/aromatic N) is 2. The van der Waals surface area contributed by atoms with Crippen LogP contribution < -0.4 is 9.62 Å². The molecule has 2 unspecified atom stereocenters. The highest BCUT2D eigenvalue weighted by Crippen LogP contribution is 2.27. The van der Waals surface area contributed by atoms with Gasteiger partial charge in [-0.1, -0.05) is 70.9 Å². The Bertz CT molecular complexity index is 1410. The molecule has 0 saturated heterocycles. The second-order valence-electron chi connectivity index (χ2n) is 9.75. The fourth-order valence-electron chi connectivity index (χ4n) is 4.02. The van der Waals surface area contributed by atoms with Crippen LogP contribution in [0, 0.1) is 13.8 Å². The average molecular weight is 615 g/mol. The summed E-state index contributed by atoms with van der Waals surface area (Å²) in [7, 11) is -4.10. The zero-order valence-electron chi connectivity index (χ0n) is 23.0. The van der Waals surface area contributed by atoms with Crippen molar-refractivity contribution in [3.8, 4) is 0 Å². The normalized spacial score (nSPS) is 12.9. The van der Waals surface area contributed by atoms with Gasteiger partial charge in [0, 0.05) is 17.1 Å². The Labute approximate surface area is 240 Å². The lowest BCUT2D eigenvalue weighted by Gasteiger charge is -2.32. The molecule has 2 atom stereocenters. The number of nitrogens with one attached hydrogen (secondary N) is 1. The molecule has 0 radical (unpaired) electrons. The van der Waals surface area contributed by atoms with Crippen LogP contribution in [0.25, 0.3) is 0 Å². The van der Waals surface area contributed by atoms with Crippen molar-refractivity contribution >= 4 is 43.5 Å². The van der Waals surface area contributed by atoms with Crippen molar-refractivity contribution in [2.45, 2.75) is 64.6 Å². The van der Waals surface area contributed by atoms with Crippen LogP contribution >= 0.6 is 15.9 Å². The standard InChI is InChI=1S/C30H36BrN3O4S/c1-6-23(4)32-30(36)24(5)33(19-25-11-8-7-10-22(25)3)29(35)20-34(27-13-9-12-26(31)18-27)39(37,38)28-16-14-21(2)15-17-28/h7-18,23-24H,6,19-20H2,1-5H3,(H,32,36). The summed E-state index contributed by atoms with van der Waals surface area (Å²) in [5.41, 5.74) is 3.11. The topological polar surface area (TPSA) is 86.8 Å².